The molecule has 2 aliphatic rings. The molecule has 3 atom stereocenters. The van der Waals surface area contributed by atoms with Crippen LogP contribution in [-0.2, 0) is 0 Å². The summed E-state index contributed by atoms with van der Waals surface area (Å²) in [6.45, 7) is 3.80. The zero-order valence-electron chi connectivity index (χ0n) is 12.5. The molecule has 2 fully saturated rings. The molecule has 0 aliphatic carbocycles. The van der Waals surface area contributed by atoms with Gasteiger partial charge in [-0.2, -0.15) is 0 Å². The molecular formula is C19H20N2O. The molecule has 112 valence electrons. The maximum absolute atomic E-state index is 12.5. The molecule has 3 unspecified atom stereocenters. The summed E-state index contributed by atoms with van der Waals surface area (Å²) < 4.78 is 0. The molecule has 3 heteroatoms. The minimum Gasteiger partial charge on any atom is -0.348 e. The minimum atomic E-state index is 0.0326. The average molecular weight is 292 g/mol. The summed E-state index contributed by atoms with van der Waals surface area (Å²) in [4.78, 5) is 12.5. The average Bonchev–Trinajstić information content (AvgIpc) is 3.16. The van der Waals surface area contributed by atoms with Gasteiger partial charge in [-0.3, -0.25) is 4.79 Å². The molecule has 2 heterocycles. The van der Waals surface area contributed by atoms with Crippen LogP contribution < -0.4 is 10.6 Å². The lowest BCUT2D eigenvalue weighted by molar-refractivity contribution is 0.0931. The van der Waals surface area contributed by atoms with Crippen LogP contribution in [0.3, 0.4) is 0 Å². The first kappa shape index (κ1) is 13.5. The fourth-order valence-electron chi connectivity index (χ4n) is 3.77. The second-order valence-corrected chi connectivity index (χ2v) is 6.39. The van der Waals surface area contributed by atoms with Crippen molar-refractivity contribution in [3.05, 3.63) is 54.1 Å². The maximum atomic E-state index is 12.5. The van der Waals surface area contributed by atoms with Gasteiger partial charge in [0.25, 0.3) is 5.91 Å². The van der Waals surface area contributed by atoms with Gasteiger partial charge in [-0.25, -0.2) is 0 Å². The minimum absolute atomic E-state index is 0.0326. The monoisotopic (exact) mass is 292 g/mol. The van der Waals surface area contributed by atoms with E-state index in [9.17, 15) is 4.79 Å². The van der Waals surface area contributed by atoms with Crippen molar-refractivity contribution in [2.75, 3.05) is 0 Å². The summed E-state index contributed by atoms with van der Waals surface area (Å²) in [5.74, 6) is 0.0326. The smallest absolute Gasteiger partial charge is 0.251 e. The molecule has 2 saturated heterocycles. The molecule has 2 aromatic carbocycles. The van der Waals surface area contributed by atoms with E-state index < -0.39 is 0 Å². The lowest BCUT2D eigenvalue weighted by Gasteiger charge is -2.21. The van der Waals surface area contributed by atoms with E-state index >= 15 is 0 Å². The van der Waals surface area contributed by atoms with E-state index in [1.165, 1.54) is 12.8 Å². The molecule has 0 aromatic heterocycles. The molecule has 4 rings (SSSR count). The topological polar surface area (TPSA) is 41.1 Å². The molecule has 2 bridgehead atoms. The van der Waals surface area contributed by atoms with Crippen molar-refractivity contribution in [2.24, 2.45) is 0 Å². The van der Waals surface area contributed by atoms with Gasteiger partial charge in [0, 0.05) is 23.7 Å². The van der Waals surface area contributed by atoms with Crippen molar-refractivity contribution in [1.82, 2.24) is 10.6 Å². The number of hydrogen-bond acceptors (Lipinski definition) is 2. The third-order valence-corrected chi connectivity index (χ3v) is 4.98. The van der Waals surface area contributed by atoms with E-state index in [1.54, 1.807) is 0 Å². The van der Waals surface area contributed by atoms with Gasteiger partial charge in [0.05, 0.1) is 0 Å². The highest BCUT2D eigenvalue weighted by atomic mass is 16.1. The first-order chi connectivity index (χ1) is 10.7. The summed E-state index contributed by atoms with van der Waals surface area (Å²) in [5, 5.41) is 8.97. The van der Waals surface area contributed by atoms with Crippen molar-refractivity contribution < 1.29 is 4.79 Å². The summed E-state index contributed by atoms with van der Waals surface area (Å²) in [5.41, 5.74) is 1.80. The van der Waals surface area contributed by atoms with Crippen LogP contribution in [-0.4, -0.2) is 24.0 Å². The standard InChI is InChI=1S/C19H20N2O/c1-2-12-3-4-13-5-6-14(10-15(13)9-12)19(22)21-18-11-16-7-8-17(18)20-16/h2-6,9-10,16-18,20H,1,7-8,11H2,(H,21,22). The van der Waals surface area contributed by atoms with Crippen molar-refractivity contribution in [3.63, 3.8) is 0 Å². The van der Waals surface area contributed by atoms with Crippen molar-refractivity contribution in [3.8, 4) is 0 Å². The van der Waals surface area contributed by atoms with E-state index in [-0.39, 0.29) is 11.9 Å². The van der Waals surface area contributed by atoms with E-state index in [0.717, 1.165) is 28.3 Å². The van der Waals surface area contributed by atoms with Gasteiger partial charge in [-0.1, -0.05) is 30.9 Å². The van der Waals surface area contributed by atoms with Gasteiger partial charge in [-0.05, 0) is 53.8 Å². The Balaban J connectivity index is 1.57. The molecule has 0 spiro atoms. The van der Waals surface area contributed by atoms with Crippen LogP contribution in [0.25, 0.3) is 16.8 Å². The molecule has 0 radical (unpaired) electrons. The quantitative estimate of drug-likeness (QED) is 0.912. The second-order valence-electron chi connectivity index (χ2n) is 6.39. The highest BCUT2D eigenvalue weighted by molar-refractivity contribution is 5.99. The molecule has 2 N–H and O–H groups in total. The van der Waals surface area contributed by atoms with Crippen LogP contribution >= 0.6 is 0 Å². The predicted molar refractivity (Wildman–Crippen MR) is 89.9 cm³/mol. The van der Waals surface area contributed by atoms with E-state index in [4.69, 9.17) is 0 Å². The second kappa shape index (κ2) is 5.25. The van der Waals surface area contributed by atoms with Crippen molar-refractivity contribution in [1.29, 1.82) is 0 Å². The van der Waals surface area contributed by atoms with Crippen LogP contribution in [0.4, 0.5) is 0 Å². The first-order valence-corrected chi connectivity index (χ1v) is 7.96. The Morgan fingerprint density at radius 1 is 1.18 bits per heavy atom. The Bertz CT molecular complexity index is 752. The van der Waals surface area contributed by atoms with Gasteiger partial charge >= 0.3 is 0 Å². The summed E-state index contributed by atoms with van der Waals surface area (Å²) in [7, 11) is 0. The van der Waals surface area contributed by atoms with E-state index in [1.807, 2.05) is 30.3 Å². The van der Waals surface area contributed by atoms with Gasteiger partial charge in [0.2, 0.25) is 0 Å². The Hall–Kier alpha value is -2.13. The number of rotatable bonds is 3. The highest BCUT2D eigenvalue weighted by Gasteiger charge is 2.39. The lowest BCUT2D eigenvalue weighted by atomic mass is 9.95. The summed E-state index contributed by atoms with van der Waals surface area (Å²) in [6.07, 6.45) is 5.31. The molecule has 0 saturated carbocycles. The maximum Gasteiger partial charge on any atom is 0.251 e. The highest BCUT2D eigenvalue weighted by Crippen LogP contribution is 2.28. The zero-order valence-corrected chi connectivity index (χ0v) is 12.5. The number of carbonyl (C=O) groups excluding carboxylic acids is 1. The van der Waals surface area contributed by atoms with Crippen LogP contribution in [0.1, 0.15) is 35.2 Å². The van der Waals surface area contributed by atoms with Crippen molar-refractivity contribution in [2.45, 2.75) is 37.4 Å². The van der Waals surface area contributed by atoms with Gasteiger partial charge in [0.1, 0.15) is 0 Å². The Labute approximate surface area is 130 Å². The number of fused-ring (bicyclic) bond motifs is 3. The van der Waals surface area contributed by atoms with Crippen LogP contribution in [0.5, 0.6) is 0 Å². The van der Waals surface area contributed by atoms with E-state index in [2.05, 4.69) is 29.3 Å². The predicted octanol–water partition coefficient (Wildman–Crippen LogP) is 3.11. The first-order valence-electron chi connectivity index (χ1n) is 7.96. The van der Waals surface area contributed by atoms with Crippen molar-refractivity contribution >= 4 is 22.8 Å². The molecule has 3 nitrogen and oxygen atoms in total. The Kier molecular flexibility index (Phi) is 3.23. The summed E-state index contributed by atoms with van der Waals surface area (Å²) in [6, 6.07) is 13.4. The SMILES string of the molecule is C=Cc1ccc2ccc(C(=O)NC3CC4CCC3N4)cc2c1. The van der Waals surface area contributed by atoms with Crippen LogP contribution in [0.15, 0.2) is 43.0 Å². The molecule has 2 aromatic rings. The van der Waals surface area contributed by atoms with Crippen LogP contribution in [0.2, 0.25) is 0 Å². The number of benzene rings is 2. The molecule has 1 amide bonds. The Morgan fingerprint density at radius 3 is 2.77 bits per heavy atom. The van der Waals surface area contributed by atoms with E-state index in [0.29, 0.717) is 12.1 Å². The lowest BCUT2D eigenvalue weighted by Crippen LogP contribution is -2.42. The molecular weight excluding hydrogens is 272 g/mol. The third-order valence-electron chi connectivity index (χ3n) is 4.98. The Morgan fingerprint density at radius 2 is 2.05 bits per heavy atom. The third kappa shape index (κ3) is 2.32. The largest absolute Gasteiger partial charge is 0.348 e. The molecule has 2 aliphatic heterocycles. The zero-order chi connectivity index (χ0) is 15.1. The fourth-order valence-corrected chi connectivity index (χ4v) is 3.77. The van der Waals surface area contributed by atoms with Gasteiger partial charge in [-0.15, -0.1) is 0 Å². The summed E-state index contributed by atoms with van der Waals surface area (Å²) >= 11 is 0. The number of amides is 1. The van der Waals surface area contributed by atoms with Crippen LogP contribution in [0, 0.1) is 0 Å². The normalized spacial score (nSPS) is 26.3. The van der Waals surface area contributed by atoms with Gasteiger partial charge in [0.15, 0.2) is 0 Å². The number of hydrogen-bond donors (Lipinski definition) is 2. The van der Waals surface area contributed by atoms with Gasteiger partial charge < -0.3 is 10.6 Å². The molecule has 22 heavy (non-hydrogen) atoms. The fraction of sp³-hybridized carbons (Fsp3) is 0.316. The number of nitrogens with one attached hydrogen (secondary N) is 2. The number of carbonyl (C=O) groups is 1.